The van der Waals surface area contributed by atoms with E-state index in [1.807, 2.05) is 29.2 Å². The van der Waals surface area contributed by atoms with Gasteiger partial charge in [-0.25, -0.2) is 4.98 Å². The van der Waals surface area contributed by atoms with Crippen LogP contribution in [0.15, 0.2) is 42.0 Å². The molecule has 0 radical (unpaired) electrons. The molecule has 0 aliphatic rings. The van der Waals surface area contributed by atoms with Gasteiger partial charge >= 0.3 is 0 Å². The molecular formula is C14H12N6S. The second-order valence-corrected chi connectivity index (χ2v) is 5.53. The van der Waals surface area contributed by atoms with Crippen molar-refractivity contribution in [2.75, 3.05) is 5.32 Å². The Morgan fingerprint density at radius 3 is 2.95 bits per heavy atom. The molecule has 3 aromatic heterocycles. The van der Waals surface area contributed by atoms with Gasteiger partial charge in [-0.1, -0.05) is 6.07 Å². The quantitative estimate of drug-likeness (QED) is 0.609. The van der Waals surface area contributed by atoms with Crippen LogP contribution < -0.4 is 5.32 Å². The Kier molecular flexibility index (Phi) is 2.71. The number of hydrogen-bond acceptors (Lipinski definition) is 5. The van der Waals surface area contributed by atoms with Gasteiger partial charge in [-0.05, 0) is 18.2 Å². The fourth-order valence-electron chi connectivity index (χ4n) is 2.31. The molecule has 104 valence electrons. The largest absolute Gasteiger partial charge is 0.314 e. The standard InChI is InChI=1S/C14H12N6S/c1-20-12(4-5-16-20)9-2-3-11-10(8-9)13(19-18-11)17-14-15-6-7-21-14/h2-8H,1H3,(H2,15,17,18,19). The number of aryl methyl sites for hydroxylation is 1. The normalized spacial score (nSPS) is 11.1. The summed E-state index contributed by atoms with van der Waals surface area (Å²) in [4.78, 5) is 4.22. The fraction of sp³-hybridized carbons (Fsp3) is 0.0714. The molecule has 0 spiro atoms. The highest BCUT2D eigenvalue weighted by atomic mass is 32.1. The van der Waals surface area contributed by atoms with Crippen molar-refractivity contribution in [3.63, 3.8) is 0 Å². The predicted molar refractivity (Wildman–Crippen MR) is 83.7 cm³/mol. The smallest absolute Gasteiger partial charge is 0.188 e. The molecule has 0 bridgehead atoms. The fourth-order valence-corrected chi connectivity index (χ4v) is 2.84. The van der Waals surface area contributed by atoms with Crippen molar-refractivity contribution in [3.05, 3.63) is 42.0 Å². The summed E-state index contributed by atoms with van der Waals surface area (Å²) in [6, 6.07) is 8.18. The number of aromatic amines is 1. The van der Waals surface area contributed by atoms with Gasteiger partial charge in [0.15, 0.2) is 10.9 Å². The van der Waals surface area contributed by atoms with Gasteiger partial charge in [0.05, 0.1) is 11.2 Å². The summed E-state index contributed by atoms with van der Waals surface area (Å²) in [5.41, 5.74) is 3.16. The topological polar surface area (TPSA) is 71.4 Å². The summed E-state index contributed by atoms with van der Waals surface area (Å²) < 4.78 is 1.86. The number of thiazole rings is 1. The molecule has 7 heteroatoms. The lowest BCUT2D eigenvalue weighted by molar-refractivity contribution is 0.776. The van der Waals surface area contributed by atoms with E-state index in [9.17, 15) is 0 Å². The second kappa shape index (κ2) is 4.71. The molecule has 0 unspecified atom stereocenters. The minimum absolute atomic E-state index is 0.781. The molecule has 4 aromatic rings. The molecule has 0 amide bonds. The van der Waals surface area contributed by atoms with E-state index in [-0.39, 0.29) is 0 Å². The van der Waals surface area contributed by atoms with Crippen LogP contribution in [0.4, 0.5) is 10.9 Å². The number of aromatic nitrogens is 5. The molecule has 3 heterocycles. The molecular weight excluding hydrogens is 284 g/mol. The average molecular weight is 296 g/mol. The Balaban J connectivity index is 1.81. The number of benzene rings is 1. The molecule has 0 aliphatic heterocycles. The number of H-pyrrole nitrogens is 1. The molecule has 2 N–H and O–H groups in total. The zero-order chi connectivity index (χ0) is 14.2. The van der Waals surface area contributed by atoms with Gasteiger partial charge in [0.2, 0.25) is 0 Å². The van der Waals surface area contributed by atoms with E-state index in [0.29, 0.717) is 0 Å². The zero-order valence-electron chi connectivity index (χ0n) is 11.2. The number of rotatable bonds is 3. The molecule has 0 fully saturated rings. The molecule has 0 saturated heterocycles. The van der Waals surface area contributed by atoms with E-state index in [1.54, 1.807) is 23.7 Å². The molecule has 4 rings (SSSR count). The first-order valence-corrected chi connectivity index (χ1v) is 7.32. The van der Waals surface area contributed by atoms with Crippen LogP contribution in [0.1, 0.15) is 0 Å². The van der Waals surface area contributed by atoms with E-state index >= 15 is 0 Å². The predicted octanol–water partition coefficient (Wildman–Crippen LogP) is 3.16. The van der Waals surface area contributed by atoms with E-state index in [1.165, 1.54) is 0 Å². The van der Waals surface area contributed by atoms with E-state index in [2.05, 4.69) is 37.7 Å². The summed E-state index contributed by atoms with van der Waals surface area (Å²) in [7, 11) is 1.93. The maximum Gasteiger partial charge on any atom is 0.188 e. The monoisotopic (exact) mass is 296 g/mol. The summed E-state index contributed by atoms with van der Waals surface area (Å²) in [5.74, 6) is 0.781. The lowest BCUT2D eigenvalue weighted by Gasteiger charge is -2.03. The first kappa shape index (κ1) is 12.1. The van der Waals surface area contributed by atoms with Crippen LogP contribution in [0.5, 0.6) is 0 Å². The third-order valence-electron chi connectivity index (χ3n) is 3.34. The number of nitrogens with one attached hydrogen (secondary N) is 2. The van der Waals surface area contributed by atoms with Crippen molar-refractivity contribution in [3.8, 4) is 11.3 Å². The van der Waals surface area contributed by atoms with Crippen molar-refractivity contribution in [1.82, 2.24) is 25.0 Å². The molecule has 1 aromatic carbocycles. The minimum Gasteiger partial charge on any atom is -0.314 e. The number of nitrogens with zero attached hydrogens (tertiary/aromatic N) is 4. The Morgan fingerprint density at radius 1 is 1.24 bits per heavy atom. The summed E-state index contributed by atoms with van der Waals surface area (Å²) in [5, 5.41) is 18.6. The lowest BCUT2D eigenvalue weighted by atomic mass is 10.1. The second-order valence-electron chi connectivity index (χ2n) is 4.63. The molecule has 0 atom stereocenters. The Bertz CT molecular complexity index is 889. The summed E-state index contributed by atoms with van der Waals surface area (Å²) in [6.45, 7) is 0. The van der Waals surface area contributed by atoms with Crippen molar-refractivity contribution in [2.45, 2.75) is 0 Å². The van der Waals surface area contributed by atoms with Gasteiger partial charge in [-0.2, -0.15) is 10.2 Å². The third kappa shape index (κ3) is 2.07. The van der Waals surface area contributed by atoms with E-state index < -0.39 is 0 Å². The molecule has 6 nitrogen and oxygen atoms in total. The highest BCUT2D eigenvalue weighted by Gasteiger charge is 2.10. The molecule has 0 aliphatic carbocycles. The van der Waals surface area contributed by atoms with Gasteiger partial charge in [-0.15, -0.1) is 11.3 Å². The van der Waals surface area contributed by atoms with Crippen molar-refractivity contribution in [1.29, 1.82) is 0 Å². The van der Waals surface area contributed by atoms with E-state index in [4.69, 9.17) is 0 Å². The zero-order valence-corrected chi connectivity index (χ0v) is 12.1. The van der Waals surface area contributed by atoms with Gasteiger partial charge < -0.3 is 5.32 Å². The van der Waals surface area contributed by atoms with Crippen LogP contribution in [0.25, 0.3) is 22.2 Å². The molecule has 0 saturated carbocycles. The summed E-state index contributed by atoms with van der Waals surface area (Å²) in [6.07, 6.45) is 3.56. The third-order valence-corrected chi connectivity index (χ3v) is 4.03. The average Bonchev–Trinajstić information content (AvgIpc) is 3.21. The van der Waals surface area contributed by atoms with Crippen molar-refractivity contribution < 1.29 is 0 Å². The number of fused-ring (bicyclic) bond motifs is 1. The highest BCUT2D eigenvalue weighted by Crippen LogP contribution is 2.29. The lowest BCUT2D eigenvalue weighted by Crippen LogP contribution is -1.93. The van der Waals surface area contributed by atoms with Crippen molar-refractivity contribution >= 4 is 33.2 Å². The van der Waals surface area contributed by atoms with Crippen LogP contribution in [-0.4, -0.2) is 25.0 Å². The van der Waals surface area contributed by atoms with Crippen molar-refractivity contribution in [2.24, 2.45) is 7.05 Å². The summed E-state index contributed by atoms with van der Waals surface area (Å²) >= 11 is 1.54. The highest BCUT2D eigenvalue weighted by molar-refractivity contribution is 7.13. The molecule has 21 heavy (non-hydrogen) atoms. The van der Waals surface area contributed by atoms with Crippen LogP contribution in [0.3, 0.4) is 0 Å². The maximum absolute atomic E-state index is 4.32. The SMILES string of the molecule is Cn1nccc1-c1ccc2[nH]nc(Nc3nccs3)c2c1. The van der Waals surface area contributed by atoms with Gasteiger partial charge in [0, 0.05) is 35.8 Å². The Labute approximate surface area is 124 Å². The Morgan fingerprint density at radius 2 is 2.19 bits per heavy atom. The van der Waals surface area contributed by atoms with E-state index in [0.717, 1.165) is 33.1 Å². The van der Waals surface area contributed by atoms with Gasteiger partial charge in [0.1, 0.15) is 0 Å². The van der Waals surface area contributed by atoms with Crippen LogP contribution in [0, 0.1) is 0 Å². The number of anilines is 2. The van der Waals surface area contributed by atoms with Gasteiger partial charge in [0.25, 0.3) is 0 Å². The first-order chi connectivity index (χ1) is 10.3. The van der Waals surface area contributed by atoms with Crippen LogP contribution in [0.2, 0.25) is 0 Å². The maximum atomic E-state index is 4.32. The van der Waals surface area contributed by atoms with Crippen LogP contribution in [-0.2, 0) is 7.05 Å². The Hall–Kier alpha value is -2.67. The number of hydrogen-bond donors (Lipinski definition) is 2. The minimum atomic E-state index is 0.781. The van der Waals surface area contributed by atoms with Crippen LogP contribution >= 0.6 is 11.3 Å². The first-order valence-electron chi connectivity index (χ1n) is 6.44. The van der Waals surface area contributed by atoms with Gasteiger partial charge in [-0.3, -0.25) is 9.78 Å².